The predicted octanol–water partition coefficient (Wildman–Crippen LogP) is 2.66. The van der Waals surface area contributed by atoms with Gasteiger partial charge in [0.05, 0.1) is 6.10 Å². The highest BCUT2D eigenvalue weighted by molar-refractivity contribution is 4.84. The number of nitrogens with zero attached hydrogens (tertiary/aromatic N) is 1. The Balaban J connectivity index is 1.54. The molecule has 0 atom stereocenters. The van der Waals surface area contributed by atoms with Crippen LogP contribution in [0.2, 0.25) is 0 Å². The Morgan fingerprint density at radius 3 is 2.47 bits per heavy atom. The van der Waals surface area contributed by atoms with Crippen LogP contribution in [0.1, 0.15) is 52.4 Å². The summed E-state index contributed by atoms with van der Waals surface area (Å²) in [7, 11) is 0. The summed E-state index contributed by atoms with van der Waals surface area (Å²) in [4.78, 5) is 2.70. The molecule has 1 saturated carbocycles. The van der Waals surface area contributed by atoms with Gasteiger partial charge in [-0.25, -0.2) is 0 Å². The molecule has 112 valence electrons. The fourth-order valence-corrected chi connectivity index (χ4v) is 2.82. The second-order valence-corrected chi connectivity index (χ2v) is 6.62. The molecule has 1 N–H and O–H groups in total. The highest BCUT2D eigenvalue weighted by atomic mass is 16.5. The van der Waals surface area contributed by atoms with Crippen LogP contribution >= 0.6 is 0 Å². The smallest absolute Gasteiger partial charge is 0.0599 e. The topological polar surface area (TPSA) is 24.5 Å². The zero-order valence-electron chi connectivity index (χ0n) is 12.9. The van der Waals surface area contributed by atoms with Gasteiger partial charge in [0.15, 0.2) is 0 Å². The fourth-order valence-electron chi connectivity index (χ4n) is 2.82. The van der Waals surface area contributed by atoms with Crippen molar-refractivity contribution in [3.63, 3.8) is 0 Å². The molecule has 2 rings (SSSR count). The van der Waals surface area contributed by atoms with Crippen molar-refractivity contribution in [1.82, 2.24) is 10.2 Å². The molecule has 3 nitrogen and oxygen atoms in total. The van der Waals surface area contributed by atoms with E-state index in [0.717, 1.165) is 31.7 Å². The van der Waals surface area contributed by atoms with E-state index < -0.39 is 0 Å². The number of piperidine rings is 1. The Morgan fingerprint density at radius 1 is 1.11 bits per heavy atom. The summed E-state index contributed by atoms with van der Waals surface area (Å²) in [6.07, 6.45) is 8.30. The maximum atomic E-state index is 5.99. The van der Waals surface area contributed by atoms with E-state index in [1.54, 1.807) is 0 Å². The van der Waals surface area contributed by atoms with E-state index in [1.165, 1.54) is 51.6 Å². The Kier molecular flexibility index (Phi) is 6.62. The zero-order valence-corrected chi connectivity index (χ0v) is 12.9. The first-order valence-corrected chi connectivity index (χ1v) is 8.32. The lowest BCUT2D eigenvalue weighted by Crippen LogP contribution is -2.33. The molecule has 0 unspecified atom stereocenters. The van der Waals surface area contributed by atoms with Crippen LogP contribution in [0.3, 0.4) is 0 Å². The average Bonchev–Trinajstić information content (AvgIpc) is 3.23. The van der Waals surface area contributed by atoms with Gasteiger partial charge in [-0.1, -0.05) is 13.8 Å². The Hall–Kier alpha value is -0.120. The van der Waals surface area contributed by atoms with Gasteiger partial charge in [0, 0.05) is 19.2 Å². The third kappa shape index (κ3) is 6.24. The normalized spacial score (nSPS) is 21.5. The molecule has 0 radical (unpaired) electrons. The largest absolute Gasteiger partial charge is 0.378 e. The van der Waals surface area contributed by atoms with Crippen LogP contribution in [0.4, 0.5) is 0 Å². The minimum Gasteiger partial charge on any atom is -0.378 e. The summed E-state index contributed by atoms with van der Waals surface area (Å²) in [5.74, 6) is 0.826. The monoisotopic (exact) mass is 268 g/mol. The van der Waals surface area contributed by atoms with Crippen LogP contribution in [0, 0.1) is 5.92 Å². The van der Waals surface area contributed by atoms with Gasteiger partial charge in [-0.3, -0.25) is 0 Å². The predicted molar refractivity (Wildman–Crippen MR) is 80.5 cm³/mol. The molecule has 1 saturated heterocycles. The molecule has 0 spiro atoms. The van der Waals surface area contributed by atoms with Crippen LogP contribution < -0.4 is 5.32 Å². The number of nitrogens with one attached hydrogen (secondary N) is 1. The van der Waals surface area contributed by atoms with Gasteiger partial charge in [-0.15, -0.1) is 0 Å². The van der Waals surface area contributed by atoms with Crippen molar-refractivity contribution in [2.75, 3.05) is 32.8 Å². The molecule has 2 aliphatic rings. The fraction of sp³-hybridized carbons (Fsp3) is 1.00. The molecule has 0 aromatic heterocycles. The first-order chi connectivity index (χ1) is 9.25. The second-order valence-electron chi connectivity index (χ2n) is 6.62. The Labute approximate surface area is 119 Å². The molecule has 2 fully saturated rings. The van der Waals surface area contributed by atoms with Crippen molar-refractivity contribution in [2.45, 2.75) is 64.5 Å². The first kappa shape index (κ1) is 15.3. The first-order valence-electron chi connectivity index (χ1n) is 8.32. The molecule has 1 aliphatic heterocycles. The lowest BCUT2D eigenvalue weighted by molar-refractivity contribution is 0.0273. The summed E-state index contributed by atoms with van der Waals surface area (Å²) in [6, 6.07) is 0.901. The minimum atomic E-state index is 0.520. The van der Waals surface area contributed by atoms with E-state index >= 15 is 0 Å². The molecule has 0 aromatic rings. The van der Waals surface area contributed by atoms with E-state index in [1.807, 2.05) is 0 Å². The van der Waals surface area contributed by atoms with E-state index in [2.05, 4.69) is 24.1 Å². The second kappa shape index (κ2) is 8.23. The third-order valence-electron chi connectivity index (χ3n) is 4.29. The van der Waals surface area contributed by atoms with Gasteiger partial charge < -0.3 is 15.0 Å². The molecular formula is C16H32N2O. The van der Waals surface area contributed by atoms with Crippen LogP contribution in [-0.2, 0) is 4.74 Å². The van der Waals surface area contributed by atoms with Crippen molar-refractivity contribution in [1.29, 1.82) is 0 Å². The molecule has 0 amide bonds. The summed E-state index contributed by atoms with van der Waals surface area (Å²) in [6.45, 7) is 10.4. The van der Waals surface area contributed by atoms with Crippen LogP contribution in [0.15, 0.2) is 0 Å². The molecule has 1 heterocycles. The Morgan fingerprint density at radius 2 is 1.84 bits per heavy atom. The van der Waals surface area contributed by atoms with Crippen LogP contribution in [0.5, 0.6) is 0 Å². The lowest BCUT2D eigenvalue weighted by Gasteiger charge is -2.25. The molecule has 1 aliphatic carbocycles. The third-order valence-corrected chi connectivity index (χ3v) is 4.29. The molecule has 3 heteroatoms. The highest BCUT2D eigenvalue weighted by Gasteiger charge is 2.28. The van der Waals surface area contributed by atoms with Gasteiger partial charge in [0.25, 0.3) is 0 Å². The van der Waals surface area contributed by atoms with E-state index in [0.29, 0.717) is 6.10 Å². The summed E-state index contributed by atoms with van der Waals surface area (Å²) in [5.41, 5.74) is 0. The SMILES string of the molecule is CC(C)CCN(CCCOC1CCNCC1)C1CC1. The zero-order chi connectivity index (χ0) is 13.5. The van der Waals surface area contributed by atoms with Crippen LogP contribution in [-0.4, -0.2) is 49.8 Å². The average molecular weight is 268 g/mol. The van der Waals surface area contributed by atoms with Crippen molar-refractivity contribution >= 4 is 0 Å². The van der Waals surface area contributed by atoms with Gasteiger partial charge in [0.2, 0.25) is 0 Å². The number of hydrogen-bond donors (Lipinski definition) is 1. The lowest BCUT2D eigenvalue weighted by atomic mass is 10.1. The maximum Gasteiger partial charge on any atom is 0.0599 e. The number of ether oxygens (including phenoxy) is 1. The highest BCUT2D eigenvalue weighted by Crippen LogP contribution is 2.27. The standard InChI is InChI=1S/C16H32N2O/c1-14(2)8-12-18(15-4-5-15)11-3-13-19-16-6-9-17-10-7-16/h14-17H,3-13H2,1-2H3. The van der Waals surface area contributed by atoms with Gasteiger partial charge in [0.1, 0.15) is 0 Å². The van der Waals surface area contributed by atoms with E-state index in [-0.39, 0.29) is 0 Å². The van der Waals surface area contributed by atoms with Gasteiger partial charge in [-0.2, -0.15) is 0 Å². The summed E-state index contributed by atoms with van der Waals surface area (Å²) < 4.78 is 5.99. The van der Waals surface area contributed by atoms with Gasteiger partial charge in [-0.05, 0) is 64.1 Å². The number of rotatable bonds is 9. The van der Waals surface area contributed by atoms with Crippen molar-refractivity contribution < 1.29 is 4.74 Å². The molecule has 0 bridgehead atoms. The van der Waals surface area contributed by atoms with Crippen molar-refractivity contribution in [3.05, 3.63) is 0 Å². The van der Waals surface area contributed by atoms with E-state index in [4.69, 9.17) is 4.74 Å². The maximum absolute atomic E-state index is 5.99. The summed E-state index contributed by atoms with van der Waals surface area (Å²) in [5, 5.41) is 3.39. The Bertz CT molecular complexity index is 235. The number of hydrogen-bond acceptors (Lipinski definition) is 3. The minimum absolute atomic E-state index is 0.520. The van der Waals surface area contributed by atoms with Crippen molar-refractivity contribution in [3.8, 4) is 0 Å². The van der Waals surface area contributed by atoms with E-state index in [9.17, 15) is 0 Å². The molecule has 19 heavy (non-hydrogen) atoms. The van der Waals surface area contributed by atoms with Gasteiger partial charge >= 0.3 is 0 Å². The molecular weight excluding hydrogens is 236 g/mol. The quantitative estimate of drug-likeness (QED) is 0.651. The van der Waals surface area contributed by atoms with Crippen LogP contribution in [0.25, 0.3) is 0 Å². The van der Waals surface area contributed by atoms with Crippen molar-refractivity contribution in [2.24, 2.45) is 5.92 Å². The molecule has 0 aromatic carbocycles. The summed E-state index contributed by atoms with van der Waals surface area (Å²) >= 11 is 0.